The van der Waals surface area contributed by atoms with E-state index in [9.17, 15) is 9.59 Å². The zero-order valence-corrected chi connectivity index (χ0v) is 18.0. The van der Waals surface area contributed by atoms with Crippen molar-refractivity contribution in [1.29, 1.82) is 0 Å². The monoisotopic (exact) mass is 494 g/mol. The first-order chi connectivity index (χ1) is 13.6. The van der Waals surface area contributed by atoms with E-state index < -0.39 is 6.04 Å². The molecule has 1 aliphatic heterocycles. The van der Waals surface area contributed by atoms with Crippen LogP contribution in [0.25, 0.3) is 0 Å². The van der Waals surface area contributed by atoms with Crippen molar-refractivity contribution < 1.29 is 19.1 Å². The van der Waals surface area contributed by atoms with Crippen molar-refractivity contribution >= 4 is 34.4 Å². The molecular weight excluding hydrogens is 471 g/mol. The number of alkyl halides is 1. The van der Waals surface area contributed by atoms with Gasteiger partial charge in [-0.25, -0.2) is 0 Å². The molecule has 0 radical (unpaired) electrons. The van der Waals surface area contributed by atoms with Crippen LogP contribution in [0.5, 0.6) is 11.5 Å². The number of β-lactam (4-membered cyclic amide) rings is 1. The highest BCUT2D eigenvalue weighted by atomic mass is 127. The van der Waals surface area contributed by atoms with Gasteiger partial charge in [-0.2, -0.15) is 0 Å². The number of likely N-dealkylation sites (tertiary alicyclic amines) is 1. The van der Waals surface area contributed by atoms with E-state index in [1.165, 1.54) is 0 Å². The van der Waals surface area contributed by atoms with Crippen LogP contribution in [0.4, 0.5) is 0 Å². The third-order valence-corrected chi connectivity index (χ3v) is 5.75. The second-order valence-electron chi connectivity index (χ2n) is 6.57. The van der Waals surface area contributed by atoms with Gasteiger partial charge in [0, 0.05) is 22.6 Å². The van der Waals surface area contributed by atoms with Crippen molar-refractivity contribution in [2.24, 2.45) is 0 Å². The van der Waals surface area contributed by atoms with E-state index in [4.69, 9.17) is 9.47 Å². The predicted octanol–water partition coefficient (Wildman–Crippen LogP) is 2.58. The first kappa shape index (κ1) is 20.4. The number of carbonyl (C=O) groups excluding carboxylic acids is 2. The van der Waals surface area contributed by atoms with Crippen LogP contribution in [0.2, 0.25) is 0 Å². The summed E-state index contributed by atoms with van der Waals surface area (Å²) in [7, 11) is 3.20. The first-order valence-electron chi connectivity index (χ1n) is 8.98. The second-order valence-corrected chi connectivity index (χ2v) is 7.45. The van der Waals surface area contributed by atoms with E-state index in [1.54, 1.807) is 25.2 Å². The van der Waals surface area contributed by atoms with Crippen molar-refractivity contribution in [2.75, 3.05) is 18.6 Å². The molecule has 1 N–H and O–H groups in total. The van der Waals surface area contributed by atoms with Crippen LogP contribution >= 0.6 is 22.6 Å². The number of halogens is 1. The molecule has 0 aliphatic carbocycles. The highest BCUT2D eigenvalue weighted by Crippen LogP contribution is 2.30. The van der Waals surface area contributed by atoms with E-state index in [0.29, 0.717) is 18.0 Å². The average molecular weight is 494 g/mol. The average Bonchev–Trinajstić information content (AvgIpc) is 2.73. The molecule has 1 aliphatic rings. The normalized spacial score (nSPS) is 18.4. The van der Waals surface area contributed by atoms with Crippen molar-refractivity contribution in [3.05, 3.63) is 59.7 Å². The Labute approximate surface area is 178 Å². The van der Waals surface area contributed by atoms with E-state index >= 15 is 0 Å². The summed E-state index contributed by atoms with van der Waals surface area (Å²) in [4.78, 5) is 26.8. The summed E-state index contributed by atoms with van der Waals surface area (Å²) in [5, 5.41) is 2.89. The maximum absolute atomic E-state index is 12.7. The SMILES string of the molecule is COc1ccc(CN2C(=O)C(NC(=O)Cc3ccccc3)C2CI)c(OC)c1. The van der Waals surface area contributed by atoms with Gasteiger partial charge in [0.25, 0.3) is 0 Å². The van der Waals surface area contributed by atoms with Crippen LogP contribution in [-0.2, 0) is 22.6 Å². The summed E-state index contributed by atoms with van der Waals surface area (Å²) in [5.41, 5.74) is 1.83. The van der Waals surface area contributed by atoms with Crippen LogP contribution in [0, 0.1) is 0 Å². The van der Waals surface area contributed by atoms with Gasteiger partial charge in [0.2, 0.25) is 11.8 Å². The number of ether oxygens (including phenoxy) is 2. The zero-order valence-electron chi connectivity index (χ0n) is 15.9. The summed E-state index contributed by atoms with van der Waals surface area (Å²) >= 11 is 2.25. The summed E-state index contributed by atoms with van der Waals surface area (Å²) in [5.74, 6) is 1.17. The molecule has 0 aromatic heterocycles. The van der Waals surface area contributed by atoms with Crippen LogP contribution in [0.1, 0.15) is 11.1 Å². The molecule has 7 heteroatoms. The standard InChI is InChI=1S/C21H23IN2O4/c1-27-16-9-8-15(18(11-16)28-2)13-24-17(12-22)20(21(24)26)23-19(25)10-14-6-4-3-5-7-14/h3-9,11,17,20H,10,12-13H2,1-2H3,(H,23,25). The van der Waals surface area contributed by atoms with Crippen LogP contribution in [0.15, 0.2) is 48.5 Å². The fourth-order valence-electron chi connectivity index (χ4n) is 3.30. The fourth-order valence-corrected chi connectivity index (χ4v) is 4.29. The summed E-state index contributed by atoms with van der Waals surface area (Å²) < 4.78 is 11.4. The number of carbonyl (C=O) groups is 2. The molecular formula is C21H23IN2O4. The Kier molecular flexibility index (Phi) is 6.77. The van der Waals surface area contributed by atoms with Crippen molar-refractivity contribution in [2.45, 2.75) is 25.0 Å². The number of amides is 2. The minimum Gasteiger partial charge on any atom is -0.497 e. The quantitative estimate of drug-likeness (QED) is 0.348. The Hall–Kier alpha value is -2.29. The molecule has 1 saturated heterocycles. The van der Waals surface area contributed by atoms with Gasteiger partial charge in [0.05, 0.1) is 26.7 Å². The van der Waals surface area contributed by atoms with Crippen molar-refractivity contribution in [3.8, 4) is 11.5 Å². The third kappa shape index (κ3) is 4.40. The van der Waals surface area contributed by atoms with Crippen LogP contribution in [-0.4, -0.2) is 47.4 Å². The Morgan fingerprint density at radius 1 is 1.14 bits per heavy atom. The van der Waals surface area contributed by atoms with Gasteiger partial charge >= 0.3 is 0 Å². The Morgan fingerprint density at radius 3 is 2.54 bits per heavy atom. The first-order valence-corrected chi connectivity index (χ1v) is 10.5. The van der Waals surface area contributed by atoms with E-state index in [2.05, 4.69) is 27.9 Å². The van der Waals surface area contributed by atoms with Gasteiger partial charge in [-0.1, -0.05) is 52.9 Å². The molecule has 1 fully saturated rings. The van der Waals surface area contributed by atoms with Gasteiger partial charge < -0.3 is 19.7 Å². The van der Waals surface area contributed by atoms with Crippen molar-refractivity contribution in [3.63, 3.8) is 0 Å². The second kappa shape index (κ2) is 9.27. The predicted molar refractivity (Wildman–Crippen MR) is 115 cm³/mol. The van der Waals surface area contributed by atoms with E-state index in [0.717, 1.165) is 15.6 Å². The van der Waals surface area contributed by atoms with Crippen LogP contribution < -0.4 is 14.8 Å². The number of hydrogen-bond acceptors (Lipinski definition) is 4. The molecule has 3 rings (SSSR count). The summed E-state index contributed by atoms with van der Waals surface area (Å²) in [6.07, 6.45) is 0.269. The molecule has 0 spiro atoms. The Morgan fingerprint density at radius 2 is 1.89 bits per heavy atom. The molecule has 28 heavy (non-hydrogen) atoms. The van der Waals surface area contributed by atoms with Gasteiger partial charge in [-0.05, 0) is 17.7 Å². The van der Waals surface area contributed by atoms with Gasteiger partial charge in [0.1, 0.15) is 17.5 Å². The topological polar surface area (TPSA) is 67.9 Å². The molecule has 148 valence electrons. The zero-order chi connectivity index (χ0) is 20.1. The number of hydrogen-bond donors (Lipinski definition) is 1. The number of methoxy groups -OCH3 is 2. The molecule has 2 aromatic rings. The number of nitrogens with zero attached hydrogens (tertiary/aromatic N) is 1. The lowest BCUT2D eigenvalue weighted by Gasteiger charge is -2.46. The molecule has 0 bridgehead atoms. The smallest absolute Gasteiger partial charge is 0.247 e. The van der Waals surface area contributed by atoms with Crippen molar-refractivity contribution in [1.82, 2.24) is 10.2 Å². The maximum Gasteiger partial charge on any atom is 0.247 e. The maximum atomic E-state index is 12.7. The summed E-state index contributed by atoms with van der Waals surface area (Å²) in [6.45, 7) is 0.435. The lowest BCUT2D eigenvalue weighted by molar-refractivity contribution is -0.153. The van der Waals surface area contributed by atoms with Gasteiger partial charge in [-0.3, -0.25) is 9.59 Å². The lowest BCUT2D eigenvalue weighted by atomic mass is 9.95. The molecule has 2 unspecified atom stereocenters. The molecule has 2 amide bonds. The van der Waals surface area contributed by atoms with E-state index in [1.807, 2.05) is 42.5 Å². The minimum absolute atomic E-state index is 0.0420. The lowest BCUT2D eigenvalue weighted by Crippen LogP contribution is -2.71. The number of rotatable bonds is 8. The number of benzene rings is 2. The molecule has 6 nitrogen and oxygen atoms in total. The molecule has 1 heterocycles. The van der Waals surface area contributed by atoms with Gasteiger partial charge in [-0.15, -0.1) is 0 Å². The van der Waals surface area contributed by atoms with E-state index in [-0.39, 0.29) is 24.3 Å². The van der Waals surface area contributed by atoms with Gasteiger partial charge in [0.15, 0.2) is 0 Å². The molecule has 0 saturated carbocycles. The molecule has 2 atom stereocenters. The minimum atomic E-state index is -0.475. The Bertz CT molecular complexity index is 844. The van der Waals surface area contributed by atoms with Crippen LogP contribution in [0.3, 0.4) is 0 Å². The largest absolute Gasteiger partial charge is 0.497 e. The fraction of sp³-hybridized carbons (Fsp3) is 0.333. The molecule has 2 aromatic carbocycles. The summed E-state index contributed by atoms with van der Waals surface area (Å²) in [6, 6.07) is 14.5. The highest BCUT2D eigenvalue weighted by molar-refractivity contribution is 14.1. The Balaban J connectivity index is 1.64. The highest BCUT2D eigenvalue weighted by Gasteiger charge is 2.47. The third-order valence-electron chi connectivity index (χ3n) is 4.85. The number of nitrogens with one attached hydrogen (secondary N) is 1.